The fourth-order valence-corrected chi connectivity index (χ4v) is 4.73. The molecule has 0 amide bonds. The van der Waals surface area contributed by atoms with Gasteiger partial charge in [0, 0.05) is 11.3 Å². The third-order valence-corrected chi connectivity index (χ3v) is 6.81. The molecule has 0 N–H and O–H groups in total. The van der Waals surface area contributed by atoms with E-state index >= 15 is 0 Å². The van der Waals surface area contributed by atoms with Gasteiger partial charge in [-0.2, -0.15) is 26.3 Å². The quantitative estimate of drug-likeness (QED) is 0.161. The Morgan fingerprint density at radius 2 is 1.69 bits per heavy atom. The lowest BCUT2D eigenvalue weighted by atomic mass is 9.79. The lowest BCUT2D eigenvalue weighted by molar-refractivity contribution is -0.529. The number of benzene rings is 2. The van der Waals surface area contributed by atoms with Gasteiger partial charge in [0.2, 0.25) is 6.04 Å². The molecular formula is C26H28F6N2O5. The molecule has 1 heterocycles. The minimum absolute atomic E-state index is 0.0433. The second-order valence-corrected chi connectivity index (χ2v) is 9.35. The van der Waals surface area contributed by atoms with Crippen molar-refractivity contribution >= 4 is 5.97 Å². The molecule has 13 heteroatoms. The summed E-state index contributed by atoms with van der Waals surface area (Å²) in [7, 11) is 0. The SMILES string of the molecule is CCOC(=O)CN1C[C@H]([N+](=O)[O-])CC[C@@]1(CO[C@H](C)c1cc(C(F)(F)F)cc(C(F)(F)F)c1)c1ccccc1. The zero-order valence-electron chi connectivity index (χ0n) is 21.2. The predicted octanol–water partition coefficient (Wildman–Crippen LogP) is 6.00. The molecule has 1 fully saturated rings. The standard InChI is InChI=1S/C26H28F6N2O5/c1-3-38-23(35)15-33-14-22(34(36)37)9-10-24(33,19-7-5-4-6-8-19)16-39-17(2)18-11-20(25(27,28)29)13-21(12-18)26(30,31)32/h4-8,11-13,17,22H,3,9-10,14-16H2,1-2H3/t17-,22-,24-/m1/s1. The average Bonchev–Trinajstić information content (AvgIpc) is 2.87. The van der Waals surface area contributed by atoms with Crippen molar-refractivity contribution < 1.29 is 45.5 Å². The van der Waals surface area contributed by atoms with E-state index in [9.17, 15) is 41.3 Å². The van der Waals surface area contributed by atoms with Gasteiger partial charge in [-0.25, -0.2) is 0 Å². The van der Waals surface area contributed by atoms with Crippen molar-refractivity contribution in [3.05, 3.63) is 80.9 Å². The normalized spacial score (nSPS) is 21.4. The number of likely N-dealkylation sites (tertiary alicyclic amines) is 1. The lowest BCUT2D eigenvalue weighted by Gasteiger charge is -2.47. The van der Waals surface area contributed by atoms with Crippen LogP contribution in [0.4, 0.5) is 26.3 Å². The van der Waals surface area contributed by atoms with Crippen LogP contribution in [-0.4, -0.2) is 48.1 Å². The Kier molecular flexibility index (Phi) is 9.27. The Morgan fingerprint density at radius 1 is 1.10 bits per heavy atom. The summed E-state index contributed by atoms with van der Waals surface area (Å²) in [6.45, 7) is 2.28. The topological polar surface area (TPSA) is 81.9 Å². The molecule has 3 atom stereocenters. The summed E-state index contributed by atoms with van der Waals surface area (Å²) in [4.78, 5) is 25.1. The zero-order valence-corrected chi connectivity index (χ0v) is 21.2. The van der Waals surface area contributed by atoms with E-state index < -0.39 is 52.1 Å². The number of hydrogen-bond acceptors (Lipinski definition) is 6. The lowest BCUT2D eigenvalue weighted by Crippen LogP contribution is -2.58. The highest BCUT2D eigenvalue weighted by Gasteiger charge is 2.48. The highest BCUT2D eigenvalue weighted by atomic mass is 19.4. The van der Waals surface area contributed by atoms with E-state index in [1.54, 1.807) is 42.2 Å². The molecular weight excluding hydrogens is 534 g/mol. The first kappa shape index (κ1) is 30.4. The van der Waals surface area contributed by atoms with E-state index in [2.05, 4.69) is 0 Å². The number of hydrogen-bond donors (Lipinski definition) is 0. The number of ether oxygens (including phenoxy) is 2. The van der Waals surface area contributed by atoms with Gasteiger partial charge in [0.15, 0.2) is 0 Å². The summed E-state index contributed by atoms with van der Waals surface area (Å²) >= 11 is 0. The summed E-state index contributed by atoms with van der Waals surface area (Å²) < 4.78 is 91.3. The highest BCUT2D eigenvalue weighted by molar-refractivity contribution is 5.71. The number of nitro groups is 1. The van der Waals surface area contributed by atoms with Gasteiger partial charge in [-0.3, -0.25) is 19.8 Å². The van der Waals surface area contributed by atoms with Crippen LogP contribution in [0.1, 0.15) is 55.0 Å². The van der Waals surface area contributed by atoms with Crippen molar-refractivity contribution in [3.63, 3.8) is 0 Å². The fourth-order valence-electron chi connectivity index (χ4n) is 4.73. The van der Waals surface area contributed by atoms with E-state index in [4.69, 9.17) is 9.47 Å². The number of nitrogens with zero attached hydrogens (tertiary/aromatic N) is 2. The van der Waals surface area contributed by atoms with Gasteiger partial charge < -0.3 is 9.47 Å². The van der Waals surface area contributed by atoms with Crippen molar-refractivity contribution in [1.82, 2.24) is 4.90 Å². The van der Waals surface area contributed by atoms with Crippen LogP contribution in [0.3, 0.4) is 0 Å². The van der Waals surface area contributed by atoms with E-state index in [0.717, 1.165) is 0 Å². The Balaban J connectivity index is 2.00. The molecule has 0 radical (unpaired) electrons. The summed E-state index contributed by atoms with van der Waals surface area (Å²) in [5.41, 5.74) is -3.77. The zero-order chi connectivity index (χ0) is 29.0. The molecule has 214 valence electrons. The Morgan fingerprint density at radius 3 is 2.21 bits per heavy atom. The molecule has 0 spiro atoms. The van der Waals surface area contributed by atoms with Gasteiger partial charge in [-0.05, 0) is 49.6 Å². The highest BCUT2D eigenvalue weighted by Crippen LogP contribution is 2.41. The summed E-state index contributed by atoms with van der Waals surface area (Å²) in [5.74, 6) is -0.637. The maximum absolute atomic E-state index is 13.4. The minimum atomic E-state index is -5.02. The van der Waals surface area contributed by atoms with Crippen molar-refractivity contribution in [2.24, 2.45) is 0 Å². The molecule has 1 saturated heterocycles. The molecule has 39 heavy (non-hydrogen) atoms. The van der Waals surface area contributed by atoms with Crippen LogP contribution < -0.4 is 0 Å². The number of carbonyl (C=O) groups excluding carboxylic acids is 1. The molecule has 1 aliphatic heterocycles. The number of piperidine rings is 1. The summed E-state index contributed by atoms with van der Waals surface area (Å²) in [5, 5.41) is 11.6. The first-order chi connectivity index (χ1) is 18.2. The fraction of sp³-hybridized carbons (Fsp3) is 0.500. The molecule has 3 rings (SSSR count). The van der Waals surface area contributed by atoms with Crippen LogP contribution in [0, 0.1) is 10.1 Å². The van der Waals surface area contributed by atoms with Crippen LogP contribution in [0.15, 0.2) is 48.5 Å². The van der Waals surface area contributed by atoms with Crippen LogP contribution in [0.2, 0.25) is 0 Å². The smallest absolute Gasteiger partial charge is 0.416 e. The van der Waals surface area contributed by atoms with E-state index in [0.29, 0.717) is 17.7 Å². The number of rotatable bonds is 9. The molecule has 2 aromatic rings. The van der Waals surface area contributed by atoms with Crippen LogP contribution in [0.5, 0.6) is 0 Å². The second-order valence-electron chi connectivity index (χ2n) is 9.35. The number of alkyl halides is 6. The monoisotopic (exact) mass is 562 g/mol. The minimum Gasteiger partial charge on any atom is -0.465 e. The summed E-state index contributed by atoms with van der Waals surface area (Å²) in [6, 6.07) is 8.88. The molecule has 0 unspecified atom stereocenters. The van der Waals surface area contributed by atoms with Gasteiger partial charge in [-0.1, -0.05) is 30.3 Å². The first-order valence-corrected chi connectivity index (χ1v) is 12.2. The molecule has 1 aliphatic rings. The Labute approximate surface area is 220 Å². The van der Waals surface area contributed by atoms with Crippen molar-refractivity contribution in [2.45, 2.75) is 56.7 Å². The first-order valence-electron chi connectivity index (χ1n) is 12.2. The van der Waals surface area contributed by atoms with Gasteiger partial charge in [0.05, 0.1) is 49.1 Å². The Bertz CT molecular complexity index is 1130. The maximum atomic E-state index is 13.4. The van der Waals surface area contributed by atoms with E-state index in [-0.39, 0.29) is 50.8 Å². The van der Waals surface area contributed by atoms with Gasteiger partial charge >= 0.3 is 18.3 Å². The second kappa shape index (κ2) is 11.9. The van der Waals surface area contributed by atoms with Gasteiger partial charge in [0.1, 0.15) is 0 Å². The number of esters is 1. The third kappa shape index (κ3) is 7.27. The van der Waals surface area contributed by atoms with E-state index in [1.807, 2.05) is 0 Å². The maximum Gasteiger partial charge on any atom is 0.416 e. The molecule has 0 aliphatic carbocycles. The van der Waals surface area contributed by atoms with Crippen LogP contribution in [-0.2, 0) is 32.2 Å². The largest absolute Gasteiger partial charge is 0.465 e. The van der Waals surface area contributed by atoms with E-state index in [1.165, 1.54) is 6.92 Å². The van der Waals surface area contributed by atoms with Crippen molar-refractivity contribution in [3.8, 4) is 0 Å². The van der Waals surface area contributed by atoms with Crippen LogP contribution in [0.25, 0.3) is 0 Å². The molecule has 0 bridgehead atoms. The van der Waals surface area contributed by atoms with Crippen molar-refractivity contribution in [1.29, 1.82) is 0 Å². The molecule has 0 aromatic heterocycles. The number of halogens is 6. The molecule has 7 nitrogen and oxygen atoms in total. The van der Waals surface area contributed by atoms with Crippen LogP contribution >= 0.6 is 0 Å². The average molecular weight is 563 g/mol. The Hall–Kier alpha value is -3.19. The summed E-state index contributed by atoms with van der Waals surface area (Å²) in [6.07, 6.45) is -11.0. The van der Waals surface area contributed by atoms with Gasteiger partial charge in [-0.15, -0.1) is 0 Å². The molecule has 2 aromatic carbocycles. The number of carbonyl (C=O) groups is 1. The third-order valence-electron chi connectivity index (χ3n) is 6.81. The van der Waals surface area contributed by atoms with Crippen molar-refractivity contribution in [2.75, 3.05) is 26.3 Å². The molecule has 0 saturated carbocycles. The predicted molar refractivity (Wildman–Crippen MR) is 127 cm³/mol. The van der Waals surface area contributed by atoms with Gasteiger partial charge in [0.25, 0.3) is 0 Å².